The van der Waals surface area contributed by atoms with Crippen LogP contribution in [0.1, 0.15) is 5.56 Å². The number of nitrogens with zero attached hydrogens (tertiary/aromatic N) is 1. The van der Waals surface area contributed by atoms with E-state index >= 15 is 0 Å². The standard InChI is InChI=1S/C12H11NO3/c1-13-6-5-8-10(13)7-3-2-4-9(14)11(7)16-12(8)15/h2-4,14H,5-6H2,1H3. The van der Waals surface area contributed by atoms with Gasteiger partial charge in [-0.15, -0.1) is 0 Å². The topological polar surface area (TPSA) is 53.7 Å². The minimum atomic E-state index is -0.339. The Bertz CT molecular complexity index is 630. The number of phenols is 1. The third-order valence-electron chi connectivity index (χ3n) is 3.06. The minimum Gasteiger partial charge on any atom is -0.504 e. The van der Waals surface area contributed by atoms with Gasteiger partial charge in [0.2, 0.25) is 0 Å². The van der Waals surface area contributed by atoms with Gasteiger partial charge in [-0.2, -0.15) is 0 Å². The van der Waals surface area contributed by atoms with Crippen LogP contribution in [-0.4, -0.2) is 18.7 Å². The van der Waals surface area contributed by atoms with Gasteiger partial charge in [-0.25, -0.2) is 4.79 Å². The van der Waals surface area contributed by atoms with E-state index in [9.17, 15) is 9.90 Å². The van der Waals surface area contributed by atoms with Gasteiger partial charge in [0.25, 0.3) is 0 Å². The van der Waals surface area contributed by atoms with Crippen LogP contribution in [0.5, 0.6) is 5.75 Å². The average Bonchev–Trinajstić information content (AvgIpc) is 2.64. The lowest BCUT2D eigenvalue weighted by Gasteiger charge is -2.13. The van der Waals surface area contributed by atoms with Gasteiger partial charge in [-0.3, -0.25) is 0 Å². The van der Waals surface area contributed by atoms with E-state index in [-0.39, 0.29) is 17.0 Å². The van der Waals surface area contributed by atoms with E-state index in [0.29, 0.717) is 12.0 Å². The number of aromatic hydroxyl groups is 1. The summed E-state index contributed by atoms with van der Waals surface area (Å²) in [6.07, 6.45) is 0.708. The van der Waals surface area contributed by atoms with Gasteiger partial charge in [0, 0.05) is 19.0 Å². The van der Waals surface area contributed by atoms with Crippen molar-refractivity contribution in [2.45, 2.75) is 6.42 Å². The van der Waals surface area contributed by atoms with Crippen molar-refractivity contribution < 1.29 is 9.52 Å². The summed E-state index contributed by atoms with van der Waals surface area (Å²) >= 11 is 0. The molecule has 2 heterocycles. The summed E-state index contributed by atoms with van der Waals surface area (Å²) in [6, 6.07) is 5.13. The Kier molecular flexibility index (Phi) is 1.74. The molecule has 0 saturated heterocycles. The molecule has 16 heavy (non-hydrogen) atoms. The zero-order chi connectivity index (χ0) is 11.3. The predicted molar refractivity (Wildman–Crippen MR) is 61.1 cm³/mol. The van der Waals surface area contributed by atoms with E-state index in [1.54, 1.807) is 6.07 Å². The summed E-state index contributed by atoms with van der Waals surface area (Å²) < 4.78 is 5.15. The highest BCUT2D eigenvalue weighted by Gasteiger charge is 2.24. The van der Waals surface area contributed by atoms with Gasteiger partial charge in [0.15, 0.2) is 11.3 Å². The van der Waals surface area contributed by atoms with Gasteiger partial charge in [0.1, 0.15) is 0 Å². The number of hydrogen-bond acceptors (Lipinski definition) is 4. The highest BCUT2D eigenvalue weighted by Crippen LogP contribution is 2.35. The van der Waals surface area contributed by atoms with Crippen LogP contribution >= 0.6 is 0 Å². The van der Waals surface area contributed by atoms with Gasteiger partial charge in [-0.05, 0) is 18.6 Å². The average molecular weight is 217 g/mol. The number of rotatable bonds is 0. The number of fused-ring (bicyclic) bond motifs is 3. The van der Waals surface area contributed by atoms with Crippen molar-refractivity contribution in [2.75, 3.05) is 18.5 Å². The lowest BCUT2D eigenvalue weighted by Crippen LogP contribution is -2.13. The molecule has 0 aliphatic carbocycles. The maximum Gasteiger partial charge on any atom is 0.341 e. The smallest absolute Gasteiger partial charge is 0.341 e. The molecule has 3 rings (SSSR count). The van der Waals surface area contributed by atoms with Crippen LogP contribution in [0.15, 0.2) is 27.4 Å². The lowest BCUT2D eigenvalue weighted by atomic mass is 10.1. The first-order valence-electron chi connectivity index (χ1n) is 5.17. The van der Waals surface area contributed by atoms with Gasteiger partial charge in [0.05, 0.1) is 11.3 Å². The molecule has 0 bridgehead atoms. The van der Waals surface area contributed by atoms with Crippen LogP contribution in [0.2, 0.25) is 0 Å². The molecule has 1 aliphatic heterocycles. The van der Waals surface area contributed by atoms with Crippen molar-refractivity contribution in [3.05, 3.63) is 34.2 Å². The number of benzene rings is 1. The third-order valence-corrected chi connectivity index (χ3v) is 3.06. The van der Waals surface area contributed by atoms with Crippen molar-refractivity contribution in [1.82, 2.24) is 0 Å². The van der Waals surface area contributed by atoms with E-state index < -0.39 is 0 Å². The quantitative estimate of drug-likeness (QED) is 0.679. The van der Waals surface area contributed by atoms with Crippen LogP contribution in [0.25, 0.3) is 11.0 Å². The first kappa shape index (κ1) is 9.27. The fourth-order valence-electron chi connectivity index (χ4n) is 2.28. The first-order valence-corrected chi connectivity index (χ1v) is 5.17. The summed E-state index contributed by atoms with van der Waals surface area (Å²) in [7, 11) is 1.94. The summed E-state index contributed by atoms with van der Waals surface area (Å²) in [6.45, 7) is 0.814. The molecule has 4 heteroatoms. The van der Waals surface area contributed by atoms with Crippen molar-refractivity contribution in [3.63, 3.8) is 0 Å². The van der Waals surface area contributed by atoms with E-state index in [1.165, 1.54) is 6.07 Å². The Morgan fingerprint density at radius 2 is 2.25 bits per heavy atom. The molecular formula is C12H11NO3. The number of para-hydroxylation sites is 1. The molecule has 0 atom stereocenters. The van der Waals surface area contributed by atoms with Gasteiger partial charge in [-0.1, -0.05) is 6.07 Å². The predicted octanol–water partition coefficient (Wildman–Crippen LogP) is 1.49. The zero-order valence-electron chi connectivity index (χ0n) is 8.86. The second-order valence-corrected chi connectivity index (χ2v) is 4.04. The van der Waals surface area contributed by atoms with Gasteiger partial charge >= 0.3 is 5.63 Å². The lowest BCUT2D eigenvalue weighted by molar-refractivity contribution is 0.456. The Hall–Kier alpha value is -1.97. The molecule has 1 aromatic carbocycles. The molecule has 0 spiro atoms. The van der Waals surface area contributed by atoms with Crippen LogP contribution in [-0.2, 0) is 6.42 Å². The summed E-state index contributed by atoms with van der Waals surface area (Å²) in [5.41, 5.74) is 1.54. The Balaban J connectivity index is 2.53. The molecule has 0 amide bonds. The Morgan fingerprint density at radius 3 is 3.06 bits per heavy atom. The molecule has 1 aliphatic rings. The molecular weight excluding hydrogens is 206 g/mol. The monoisotopic (exact) mass is 217 g/mol. The maximum absolute atomic E-state index is 11.7. The van der Waals surface area contributed by atoms with E-state index in [4.69, 9.17) is 4.42 Å². The minimum absolute atomic E-state index is 0.0118. The van der Waals surface area contributed by atoms with Crippen molar-refractivity contribution in [3.8, 4) is 5.75 Å². The molecule has 4 nitrogen and oxygen atoms in total. The van der Waals surface area contributed by atoms with Crippen LogP contribution in [0.4, 0.5) is 5.69 Å². The highest BCUT2D eigenvalue weighted by atomic mass is 16.4. The number of hydrogen-bond donors (Lipinski definition) is 1. The summed E-state index contributed by atoms with van der Waals surface area (Å²) in [5, 5.41) is 10.5. The van der Waals surface area contributed by atoms with Gasteiger partial charge < -0.3 is 14.4 Å². The molecule has 82 valence electrons. The van der Waals surface area contributed by atoms with Crippen molar-refractivity contribution in [2.24, 2.45) is 0 Å². The summed E-state index contributed by atoms with van der Waals surface area (Å²) in [4.78, 5) is 13.7. The molecule has 1 N–H and O–H groups in total. The first-order chi connectivity index (χ1) is 7.68. The number of phenolic OH excluding ortho intramolecular Hbond substituents is 1. The fraction of sp³-hybridized carbons (Fsp3) is 0.250. The van der Waals surface area contributed by atoms with Crippen LogP contribution in [0.3, 0.4) is 0 Å². The largest absolute Gasteiger partial charge is 0.504 e. The van der Waals surface area contributed by atoms with E-state index in [0.717, 1.165) is 17.6 Å². The Labute approximate surface area is 91.7 Å². The maximum atomic E-state index is 11.7. The highest BCUT2D eigenvalue weighted by molar-refractivity contribution is 5.95. The van der Waals surface area contributed by atoms with Crippen molar-refractivity contribution in [1.29, 1.82) is 0 Å². The fourth-order valence-corrected chi connectivity index (χ4v) is 2.28. The van der Waals surface area contributed by atoms with Crippen molar-refractivity contribution >= 4 is 16.7 Å². The normalized spacial score (nSPS) is 14.4. The molecule has 0 fully saturated rings. The van der Waals surface area contributed by atoms with E-state index in [1.807, 2.05) is 18.0 Å². The molecule has 1 aromatic heterocycles. The van der Waals surface area contributed by atoms with E-state index in [2.05, 4.69) is 0 Å². The molecule has 0 unspecified atom stereocenters. The van der Waals surface area contributed by atoms with Crippen LogP contribution < -0.4 is 10.5 Å². The number of likely N-dealkylation sites (N-methyl/N-ethyl adjacent to an activating group) is 1. The molecule has 0 saturated carbocycles. The third kappa shape index (κ3) is 1.07. The SMILES string of the molecule is CN1CCc2c1c1cccc(O)c1oc2=O. The second-order valence-electron chi connectivity index (χ2n) is 4.04. The van der Waals surface area contributed by atoms with Crippen LogP contribution in [0, 0.1) is 0 Å². The molecule has 2 aromatic rings. The molecule has 0 radical (unpaired) electrons. The zero-order valence-corrected chi connectivity index (χ0v) is 8.86. The second kappa shape index (κ2) is 3.01. The Morgan fingerprint density at radius 1 is 1.44 bits per heavy atom. The summed E-state index contributed by atoms with van der Waals surface area (Å²) in [5.74, 6) is 0.0118. The number of anilines is 1.